The molecule has 0 aliphatic rings. The molecule has 0 saturated heterocycles. The lowest BCUT2D eigenvalue weighted by Gasteiger charge is -2.10. The van der Waals surface area contributed by atoms with Gasteiger partial charge in [0, 0.05) is 10.9 Å². The molecule has 0 spiro atoms. The van der Waals surface area contributed by atoms with Crippen molar-refractivity contribution >= 4 is 11.0 Å². The number of fused-ring (bicyclic) bond motifs is 1. The number of para-hydroxylation sites is 1. The molecule has 0 atom stereocenters. The maximum absolute atomic E-state index is 6.04. The van der Waals surface area contributed by atoms with E-state index in [1.54, 1.807) is 7.11 Å². The van der Waals surface area contributed by atoms with Gasteiger partial charge in [-0.1, -0.05) is 50.2 Å². The Balaban J connectivity index is 2.21. The Morgan fingerprint density at radius 3 is 2.55 bits per heavy atom. The molecule has 0 unspecified atom stereocenters. The van der Waals surface area contributed by atoms with E-state index in [0.29, 0.717) is 5.92 Å². The van der Waals surface area contributed by atoms with Crippen molar-refractivity contribution in [2.24, 2.45) is 0 Å². The van der Waals surface area contributed by atoms with Gasteiger partial charge in [0.1, 0.15) is 5.76 Å². The van der Waals surface area contributed by atoms with Crippen LogP contribution in [0.1, 0.15) is 25.3 Å². The molecule has 0 saturated carbocycles. The number of benzene rings is 2. The first kappa shape index (κ1) is 12.8. The number of furan rings is 1. The van der Waals surface area contributed by atoms with Gasteiger partial charge in [0.05, 0.1) is 7.11 Å². The average Bonchev–Trinajstić information content (AvgIpc) is 2.90. The summed E-state index contributed by atoms with van der Waals surface area (Å²) in [4.78, 5) is 0. The third kappa shape index (κ3) is 2.07. The van der Waals surface area contributed by atoms with Crippen LogP contribution in [0.25, 0.3) is 22.3 Å². The van der Waals surface area contributed by atoms with Crippen LogP contribution in [-0.4, -0.2) is 7.11 Å². The van der Waals surface area contributed by atoms with Gasteiger partial charge in [0.15, 0.2) is 11.3 Å². The largest absolute Gasteiger partial charge is 0.493 e. The van der Waals surface area contributed by atoms with E-state index in [9.17, 15) is 0 Å². The second-order valence-electron chi connectivity index (χ2n) is 5.23. The van der Waals surface area contributed by atoms with Crippen LogP contribution in [0.15, 0.2) is 52.9 Å². The van der Waals surface area contributed by atoms with Crippen molar-refractivity contribution in [3.63, 3.8) is 0 Å². The summed E-state index contributed by atoms with van der Waals surface area (Å²) in [6.45, 7) is 4.39. The molecule has 3 rings (SSSR count). The van der Waals surface area contributed by atoms with E-state index in [2.05, 4.69) is 38.1 Å². The maximum Gasteiger partial charge on any atom is 0.176 e. The Morgan fingerprint density at radius 2 is 1.80 bits per heavy atom. The number of hydrogen-bond donors (Lipinski definition) is 0. The Hall–Kier alpha value is -2.22. The fourth-order valence-corrected chi connectivity index (χ4v) is 2.55. The summed E-state index contributed by atoms with van der Waals surface area (Å²) in [6.07, 6.45) is 0. The van der Waals surface area contributed by atoms with Crippen molar-refractivity contribution in [2.45, 2.75) is 19.8 Å². The molecule has 0 fully saturated rings. The third-order valence-corrected chi connectivity index (χ3v) is 3.58. The van der Waals surface area contributed by atoms with E-state index in [1.165, 1.54) is 5.56 Å². The van der Waals surface area contributed by atoms with Crippen LogP contribution in [0, 0.1) is 0 Å². The molecule has 2 aromatic carbocycles. The van der Waals surface area contributed by atoms with Crippen molar-refractivity contribution in [1.29, 1.82) is 0 Å². The highest BCUT2D eigenvalue weighted by molar-refractivity contribution is 5.87. The molecule has 0 N–H and O–H groups in total. The molecule has 2 nitrogen and oxygen atoms in total. The predicted octanol–water partition coefficient (Wildman–Crippen LogP) is 5.23. The Labute approximate surface area is 119 Å². The standard InChI is InChI=1S/C18H18O2/c1-12(2)14-8-4-5-9-15(14)17-11-13-7-6-10-16(19-3)18(13)20-17/h4-12H,1-3H3. The van der Waals surface area contributed by atoms with Crippen LogP contribution in [-0.2, 0) is 0 Å². The summed E-state index contributed by atoms with van der Waals surface area (Å²) < 4.78 is 11.4. The molecule has 0 aliphatic carbocycles. The lowest BCUT2D eigenvalue weighted by molar-refractivity contribution is 0.411. The highest BCUT2D eigenvalue weighted by atomic mass is 16.5. The summed E-state index contributed by atoms with van der Waals surface area (Å²) in [5.41, 5.74) is 3.26. The molecular weight excluding hydrogens is 248 g/mol. The molecular formula is C18H18O2. The molecule has 2 heteroatoms. The van der Waals surface area contributed by atoms with Crippen molar-refractivity contribution in [3.05, 3.63) is 54.1 Å². The zero-order valence-electron chi connectivity index (χ0n) is 12.0. The topological polar surface area (TPSA) is 22.4 Å². The van der Waals surface area contributed by atoms with Gasteiger partial charge in [0.2, 0.25) is 0 Å². The summed E-state index contributed by atoms with van der Waals surface area (Å²) in [6, 6.07) is 16.4. The van der Waals surface area contributed by atoms with Gasteiger partial charge in [0.25, 0.3) is 0 Å². The van der Waals surface area contributed by atoms with Gasteiger partial charge in [-0.3, -0.25) is 0 Å². The van der Waals surface area contributed by atoms with Gasteiger partial charge >= 0.3 is 0 Å². The first-order valence-corrected chi connectivity index (χ1v) is 6.86. The van der Waals surface area contributed by atoms with Gasteiger partial charge in [-0.15, -0.1) is 0 Å². The minimum absolute atomic E-state index is 0.460. The van der Waals surface area contributed by atoms with E-state index < -0.39 is 0 Å². The van der Waals surface area contributed by atoms with Crippen molar-refractivity contribution in [1.82, 2.24) is 0 Å². The minimum Gasteiger partial charge on any atom is -0.493 e. The first-order chi connectivity index (χ1) is 9.70. The Morgan fingerprint density at radius 1 is 1.00 bits per heavy atom. The smallest absolute Gasteiger partial charge is 0.176 e. The van der Waals surface area contributed by atoms with Gasteiger partial charge in [-0.25, -0.2) is 0 Å². The van der Waals surface area contributed by atoms with E-state index in [1.807, 2.05) is 24.3 Å². The highest BCUT2D eigenvalue weighted by Gasteiger charge is 2.14. The average molecular weight is 266 g/mol. The summed E-state index contributed by atoms with van der Waals surface area (Å²) in [7, 11) is 1.67. The van der Waals surface area contributed by atoms with Crippen LogP contribution in [0.2, 0.25) is 0 Å². The molecule has 0 aliphatic heterocycles. The monoisotopic (exact) mass is 266 g/mol. The SMILES string of the molecule is COc1cccc2cc(-c3ccccc3C(C)C)oc12. The van der Waals surface area contributed by atoms with Crippen molar-refractivity contribution in [2.75, 3.05) is 7.11 Å². The normalized spacial score (nSPS) is 11.2. The quantitative estimate of drug-likeness (QED) is 0.647. The van der Waals surface area contributed by atoms with Crippen molar-refractivity contribution < 1.29 is 9.15 Å². The zero-order chi connectivity index (χ0) is 14.1. The molecule has 0 bridgehead atoms. The maximum atomic E-state index is 6.04. The number of rotatable bonds is 3. The first-order valence-electron chi connectivity index (χ1n) is 6.86. The molecule has 0 radical (unpaired) electrons. The Bertz CT molecular complexity index is 738. The molecule has 0 amide bonds. The Kier molecular flexibility index (Phi) is 3.23. The fraction of sp³-hybridized carbons (Fsp3) is 0.222. The summed E-state index contributed by atoms with van der Waals surface area (Å²) in [5, 5.41) is 1.07. The summed E-state index contributed by atoms with van der Waals surface area (Å²) in [5.74, 6) is 2.13. The van der Waals surface area contributed by atoms with Gasteiger partial charge < -0.3 is 9.15 Å². The molecule has 1 heterocycles. The van der Waals surface area contributed by atoms with Crippen molar-refractivity contribution in [3.8, 4) is 17.1 Å². The molecule has 3 aromatic rings. The van der Waals surface area contributed by atoms with Gasteiger partial charge in [-0.2, -0.15) is 0 Å². The molecule has 1 aromatic heterocycles. The van der Waals surface area contributed by atoms with Crippen LogP contribution in [0.3, 0.4) is 0 Å². The van der Waals surface area contributed by atoms with E-state index in [4.69, 9.17) is 9.15 Å². The molecule has 102 valence electrons. The second kappa shape index (κ2) is 5.04. The fourth-order valence-electron chi connectivity index (χ4n) is 2.55. The van der Waals surface area contributed by atoms with E-state index in [-0.39, 0.29) is 0 Å². The number of hydrogen-bond acceptors (Lipinski definition) is 2. The number of methoxy groups -OCH3 is 1. The summed E-state index contributed by atoms with van der Waals surface area (Å²) >= 11 is 0. The van der Waals surface area contributed by atoms with Crippen LogP contribution in [0.5, 0.6) is 5.75 Å². The second-order valence-corrected chi connectivity index (χ2v) is 5.23. The van der Waals surface area contributed by atoms with Crippen LogP contribution < -0.4 is 4.74 Å². The minimum atomic E-state index is 0.460. The predicted molar refractivity (Wildman–Crippen MR) is 82.3 cm³/mol. The lowest BCUT2D eigenvalue weighted by Crippen LogP contribution is -1.90. The van der Waals surface area contributed by atoms with Crippen LogP contribution in [0.4, 0.5) is 0 Å². The van der Waals surface area contributed by atoms with Gasteiger partial charge in [-0.05, 0) is 23.6 Å². The third-order valence-electron chi connectivity index (χ3n) is 3.58. The zero-order valence-corrected chi connectivity index (χ0v) is 12.0. The number of ether oxygens (including phenoxy) is 1. The van der Waals surface area contributed by atoms with Crippen LogP contribution >= 0.6 is 0 Å². The van der Waals surface area contributed by atoms with E-state index in [0.717, 1.165) is 28.0 Å². The molecule has 20 heavy (non-hydrogen) atoms. The highest BCUT2D eigenvalue weighted by Crippen LogP contribution is 2.36. The lowest BCUT2D eigenvalue weighted by atomic mass is 9.96. The van der Waals surface area contributed by atoms with E-state index >= 15 is 0 Å².